The number of benzene rings is 1. The second kappa shape index (κ2) is 4.22. The van der Waals surface area contributed by atoms with Crippen LogP contribution >= 0.6 is 22.6 Å². The van der Waals surface area contributed by atoms with E-state index in [1.807, 2.05) is 22.6 Å². The Morgan fingerprint density at radius 1 is 1.00 bits per heavy atom. The van der Waals surface area contributed by atoms with Gasteiger partial charge in [0.15, 0.2) is 5.82 Å². The van der Waals surface area contributed by atoms with Crippen molar-refractivity contribution in [2.75, 3.05) is 0 Å². The summed E-state index contributed by atoms with van der Waals surface area (Å²) in [6.07, 6.45) is 1.57. The van der Waals surface area contributed by atoms with Crippen molar-refractivity contribution in [1.29, 1.82) is 0 Å². The molecule has 2 rings (SSSR count). The van der Waals surface area contributed by atoms with Gasteiger partial charge in [-0.2, -0.15) is 0 Å². The summed E-state index contributed by atoms with van der Waals surface area (Å²) in [5, 5.41) is 0. The van der Waals surface area contributed by atoms with Crippen LogP contribution in [0.3, 0.4) is 0 Å². The molecule has 0 atom stereocenters. The van der Waals surface area contributed by atoms with Gasteiger partial charge in [-0.05, 0) is 46.4 Å². The summed E-state index contributed by atoms with van der Waals surface area (Å²) in [4.78, 5) is 3.90. The van der Waals surface area contributed by atoms with Crippen LogP contribution < -0.4 is 0 Å². The van der Waals surface area contributed by atoms with E-state index in [4.69, 9.17) is 0 Å². The Hall–Kier alpha value is -1.04. The molecule has 2 aromatic rings. The Bertz CT molecular complexity index is 482. The van der Waals surface area contributed by atoms with Gasteiger partial charge in [0.2, 0.25) is 0 Å². The molecule has 0 aliphatic carbocycles. The van der Waals surface area contributed by atoms with E-state index in [1.165, 1.54) is 18.2 Å². The summed E-state index contributed by atoms with van der Waals surface area (Å²) < 4.78 is 26.2. The van der Waals surface area contributed by atoms with Crippen molar-refractivity contribution in [3.63, 3.8) is 0 Å². The molecule has 0 radical (unpaired) electrons. The van der Waals surface area contributed by atoms with Crippen molar-refractivity contribution in [1.82, 2.24) is 4.98 Å². The average molecular weight is 317 g/mol. The summed E-state index contributed by atoms with van der Waals surface area (Å²) in [7, 11) is 0. The van der Waals surface area contributed by atoms with Gasteiger partial charge >= 0.3 is 0 Å². The van der Waals surface area contributed by atoms with E-state index in [1.54, 1.807) is 18.3 Å². The number of halogens is 3. The van der Waals surface area contributed by atoms with Crippen molar-refractivity contribution in [2.24, 2.45) is 0 Å². The predicted molar refractivity (Wildman–Crippen MR) is 62.3 cm³/mol. The van der Waals surface area contributed by atoms with Crippen LogP contribution in [0.15, 0.2) is 36.5 Å². The summed E-state index contributed by atoms with van der Waals surface area (Å²) in [5.41, 5.74) is 1.40. The Labute approximate surface area is 99.3 Å². The lowest BCUT2D eigenvalue weighted by molar-refractivity contribution is 0.612. The predicted octanol–water partition coefficient (Wildman–Crippen LogP) is 3.63. The van der Waals surface area contributed by atoms with E-state index in [0.717, 1.165) is 5.56 Å². The molecule has 1 heterocycles. The van der Waals surface area contributed by atoms with Crippen molar-refractivity contribution < 1.29 is 8.78 Å². The maximum Gasteiger partial charge on any atom is 0.155 e. The van der Waals surface area contributed by atoms with Gasteiger partial charge in [0.1, 0.15) is 9.52 Å². The topological polar surface area (TPSA) is 12.9 Å². The van der Waals surface area contributed by atoms with Gasteiger partial charge < -0.3 is 0 Å². The maximum atomic E-state index is 13.2. The minimum absolute atomic E-state index is 0.308. The number of hydrogen-bond acceptors (Lipinski definition) is 1. The van der Waals surface area contributed by atoms with Crippen LogP contribution in [0.2, 0.25) is 0 Å². The lowest BCUT2D eigenvalue weighted by Gasteiger charge is -2.01. The maximum absolute atomic E-state index is 13.2. The van der Waals surface area contributed by atoms with Crippen LogP contribution in [0, 0.1) is 15.3 Å². The zero-order chi connectivity index (χ0) is 10.8. The molecular weight excluding hydrogens is 311 g/mol. The quantitative estimate of drug-likeness (QED) is 0.578. The molecule has 0 amide bonds. The van der Waals surface area contributed by atoms with E-state index in [-0.39, 0.29) is 11.6 Å². The first kappa shape index (κ1) is 10.5. The molecule has 15 heavy (non-hydrogen) atoms. The zero-order valence-electron chi connectivity index (χ0n) is 7.55. The van der Waals surface area contributed by atoms with Gasteiger partial charge in [0.05, 0.1) is 0 Å². The Morgan fingerprint density at radius 2 is 1.67 bits per heavy atom. The van der Waals surface area contributed by atoms with E-state index >= 15 is 0 Å². The number of hydrogen-bond donors (Lipinski definition) is 0. The fourth-order valence-corrected chi connectivity index (χ4v) is 1.52. The van der Waals surface area contributed by atoms with Gasteiger partial charge in [-0.3, -0.25) is 0 Å². The first-order valence-corrected chi connectivity index (χ1v) is 5.31. The van der Waals surface area contributed by atoms with Gasteiger partial charge in [0.25, 0.3) is 0 Å². The van der Waals surface area contributed by atoms with Crippen molar-refractivity contribution in [2.45, 2.75) is 0 Å². The Kier molecular flexibility index (Phi) is 2.95. The molecule has 1 aromatic carbocycles. The van der Waals surface area contributed by atoms with Crippen molar-refractivity contribution in [3.8, 4) is 11.1 Å². The molecule has 0 aliphatic heterocycles. The molecule has 1 nitrogen and oxygen atoms in total. The summed E-state index contributed by atoms with van der Waals surface area (Å²) in [6.45, 7) is 0. The van der Waals surface area contributed by atoms with Crippen LogP contribution in [0.4, 0.5) is 8.78 Å². The third-order valence-corrected chi connectivity index (χ3v) is 2.77. The molecule has 0 N–H and O–H groups in total. The highest BCUT2D eigenvalue weighted by molar-refractivity contribution is 14.1. The molecule has 4 heteroatoms. The highest BCUT2D eigenvalue weighted by Gasteiger charge is 2.03. The summed E-state index contributed by atoms with van der Waals surface area (Å²) in [6, 6.07) is 7.26. The molecule has 0 unspecified atom stereocenters. The fourth-order valence-electron chi connectivity index (χ4n) is 1.22. The zero-order valence-corrected chi connectivity index (χ0v) is 9.70. The first-order valence-electron chi connectivity index (χ1n) is 4.24. The van der Waals surface area contributed by atoms with Gasteiger partial charge in [-0.1, -0.05) is 12.1 Å². The number of nitrogens with zero attached hydrogens (tertiary/aromatic N) is 1. The van der Waals surface area contributed by atoms with Crippen LogP contribution in [0.25, 0.3) is 11.1 Å². The normalized spacial score (nSPS) is 10.3. The van der Waals surface area contributed by atoms with Gasteiger partial charge in [0, 0.05) is 11.8 Å². The first-order chi connectivity index (χ1) is 7.16. The van der Waals surface area contributed by atoms with Crippen LogP contribution in [-0.4, -0.2) is 4.98 Å². The van der Waals surface area contributed by atoms with Crippen molar-refractivity contribution >= 4 is 22.6 Å². The molecule has 1 aromatic heterocycles. The highest BCUT2D eigenvalue weighted by atomic mass is 127. The van der Waals surface area contributed by atoms with Crippen molar-refractivity contribution in [3.05, 3.63) is 51.9 Å². The monoisotopic (exact) mass is 317 g/mol. The lowest BCUT2D eigenvalue weighted by atomic mass is 10.1. The second-order valence-corrected chi connectivity index (χ2v) is 4.03. The average Bonchev–Trinajstić information content (AvgIpc) is 2.23. The minimum atomic E-state index is -0.363. The molecule has 0 saturated heterocycles. The molecule has 0 spiro atoms. The molecule has 0 aliphatic rings. The number of rotatable bonds is 1. The van der Waals surface area contributed by atoms with Crippen LogP contribution in [-0.2, 0) is 0 Å². The van der Waals surface area contributed by atoms with E-state index < -0.39 is 0 Å². The number of aromatic nitrogens is 1. The third kappa shape index (κ3) is 2.31. The lowest BCUT2D eigenvalue weighted by Crippen LogP contribution is -1.88. The van der Waals surface area contributed by atoms with E-state index in [2.05, 4.69) is 4.98 Å². The van der Waals surface area contributed by atoms with Crippen LogP contribution in [0.1, 0.15) is 0 Å². The largest absolute Gasteiger partial charge is 0.247 e. The smallest absolute Gasteiger partial charge is 0.155 e. The van der Waals surface area contributed by atoms with Gasteiger partial charge in [-0.25, -0.2) is 13.8 Å². The molecule has 0 saturated carbocycles. The number of pyridine rings is 1. The van der Waals surface area contributed by atoms with Crippen LogP contribution in [0.5, 0.6) is 0 Å². The molecular formula is C11H6F2IN. The second-order valence-electron chi connectivity index (χ2n) is 3.00. The molecule has 0 fully saturated rings. The molecule has 0 bridgehead atoms. The minimum Gasteiger partial charge on any atom is -0.247 e. The third-order valence-electron chi connectivity index (χ3n) is 1.97. The SMILES string of the molecule is Fc1ccc(-c2cnc(I)c(F)c2)cc1. The summed E-state index contributed by atoms with van der Waals surface area (Å²) in [5.74, 6) is -0.671. The molecule has 76 valence electrons. The fraction of sp³-hybridized carbons (Fsp3) is 0. The van der Waals surface area contributed by atoms with E-state index in [9.17, 15) is 8.78 Å². The standard InChI is InChI=1S/C11H6F2IN/c12-9-3-1-7(2-4-9)8-5-10(13)11(14)15-6-8/h1-6H. The highest BCUT2D eigenvalue weighted by Crippen LogP contribution is 2.21. The van der Waals surface area contributed by atoms with E-state index in [0.29, 0.717) is 9.26 Å². The van der Waals surface area contributed by atoms with Gasteiger partial charge in [-0.15, -0.1) is 0 Å². The Balaban J connectivity index is 2.45. The summed E-state index contributed by atoms with van der Waals surface area (Å²) >= 11 is 1.82. The Morgan fingerprint density at radius 3 is 2.27 bits per heavy atom.